The molecule has 2 nitrogen and oxygen atoms in total. The maximum absolute atomic E-state index is 13.0. The topological polar surface area (TPSA) is 12.5 Å². The van der Waals surface area contributed by atoms with Gasteiger partial charge in [-0.15, -0.1) is 0 Å². The zero-order valence-electron chi connectivity index (χ0n) is 10.7. The number of hydrogen-bond donors (Lipinski definition) is 0. The lowest BCUT2D eigenvalue weighted by Crippen LogP contribution is -2.40. The van der Waals surface area contributed by atoms with E-state index in [1.165, 1.54) is 0 Å². The molecule has 1 saturated heterocycles. The van der Waals surface area contributed by atoms with Crippen molar-refractivity contribution in [1.82, 2.24) is 4.90 Å². The molecule has 0 bridgehead atoms. The molecule has 0 N–H and O–H groups in total. The highest BCUT2D eigenvalue weighted by molar-refractivity contribution is 9.10. The number of piperidine rings is 1. The molecule has 0 saturated carbocycles. The molecule has 0 spiro atoms. The van der Waals surface area contributed by atoms with Crippen LogP contribution in [0.4, 0.5) is 8.78 Å². The molecule has 2 rings (SSSR count). The van der Waals surface area contributed by atoms with Gasteiger partial charge < -0.3 is 9.64 Å². The van der Waals surface area contributed by atoms with E-state index in [1.807, 2.05) is 24.3 Å². The summed E-state index contributed by atoms with van der Waals surface area (Å²) in [5, 5.41) is 0. The minimum atomic E-state index is -2.45. The first kappa shape index (κ1) is 14.7. The number of alkyl halides is 2. The highest BCUT2D eigenvalue weighted by atomic mass is 79.9. The predicted octanol–water partition coefficient (Wildman–Crippen LogP) is 3.95. The van der Waals surface area contributed by atoms with Crippen LogP contribution < -0.4 is 4.74 Å². The molecule has 1 aliphatic heterocycles. The average Bonchev–Trinajstić information content (AvgIpc) is 2.38. The molecule has 1 aromatic rings. The van der Waals surface area contributed by atoms with Crippen LogP contribution in [0.1, 0.15) is 19.3 Å². The second kappa shape index (κ2) is 6.66. The molecule has 0 aliphatic carbocycles. The van der Waals surface area contributed by atoms with Gasteiger partial charge in [0.2, 0.25) is 0 Å². The summed E-state index contributed by atoms with van der Waals surface area (Å²) in [6.45, 7) is 2.43. The van der Waals surface area contributed by atoms with Gasteiger partial charge in [-0.25, -0.2) is 8.78 Å². The van der Waals surface area contributed by atoms with Crippen LogP contribution in [0.5, 0.6) is 5.75 Å². The number of halogens is 3. The fraction of sp³-hybridized carbons (Fsp3) is 0.571. The molecule has 19 heavy (non-hydrogen) atoms. The molecule has 0 unspecified atom stereocenters. The van der Waals surface area contributed by atoms with E-state index < -0.39 is 5.92 Å². The molecule has 5 heteroatoms. The molecule has 1 heterocycles. The normalized spacial score (nSPS) is 19.3. The van der Waals surface area contributed by atoms with Gasteiger partial charge in [0.25, 0.3) is 5.92 Å². The van der Waals surface area contributed by atoms with E-state index in [9.17, 15) is 8.78 Å². The van der Waals surface area contributed by atoms with Gasteiger partial charge >= 0.3 is 0 Å². The molecule has 106 valence electrons. The third-order valence-corrected chi connectivity index (χ3v) is 3.82. The number of rotatable bonds is 5. The third-order valence-electron chi connectivity index (χ3n) is 3.29. The first-order valence-corrected chi connectivity index (χ1v) is 7.33. The van der Waals surface area contributed by atoms with E-state index in [0.717, 1.165) is 23.2 Å². The van der Waals surface area contributed by atoms with Gasteiger partial charge in [0, 0.05) is 36.9 Å². The third kappa shape index (κ3) is 5.07. The number of nitrogens with zero attached hydrogens (tertiary/aromatic N) is 1. The lowest BCUT2D eigenvalue weighted by atomic mass is 10.1. The highest BCUT2D eigenvalue weighted by Crippen LogP contribution is 2.27. The van der Waals surface area contributed by atoms with Crippen LogP contribution in [0.15, 0.2) is 28.7 Å². The minimum absolute atomic E-state index is 0.0133. The molecule has 0 amide bonds. The van der Waals surface area contributed by atoms with Gasteiger partial charge in [-0.05, 0) is 30.7 Å². The maximum Gasteiger partial charge on any atom is 0.250 e. The van der Waals surface area contributed by atoms with E-state index in [2.05, 4.69) is 20.8 Å². The van der Waals surface area contributed by atoms with Crippen LogP contribution in [-0.4, -0.2) is 37.1 Å². The van der Waals surface area contributed by atoms with Gasteiger partial charge in [-0.3, -0.25) is 0 Å². The Bertz CT molecular complexity index is 387. The lowest BCUT2D eigenvalue weighted by Gasteiger charge is -2.31. The van der Waals surface area contributed by atoms with Gasteiger partial charge in [-0.1, -0.05) is 15.9 Å². The van der Waals surface area contributed by atoms with Gasteiger partial charge in [-0.2, -0.15) is 0 Å². The van der Waals surface area contributed by atoms with E-state index in [1.54, 1.807) is 0 Å². The highest BCUT2D eigenvalue weighted by Gasteiger charge is 2.33. The number of hydrogen-bond acceptors (Lipinski definition) is 2. The van der Waals surface area contributed by atoms with Gasteiger partial charge in [0.15, 0.2) is 0 Å². The predicted molar refractivity (Wildman–Crippen MR) is 74.9 cm³/mol. The number of ether oxygens (including phenoxy) is 1. The molecule has 1 aliphatic rings. The monoisotopic (exact) mass is 333 g/mol. The molecular formula is C14H18BrF2NO. The van der Waals surface area contributed by atoms with Crippen LogP contribution in [0.25, 0.3) is 0 Å². The lowest BCUT2D eigenvalue weighted by molar-refractivity contribution is -0.0554. The maximum atomic E-state index is 13.0. The average molecular weight is 334 g/mol. The zero-order valence-corrected chi connectivity index (χ0v) is 12.3. The molecule has 0 aromatic heterocycles. The summed E-state index contributed by atoms with van der Waals surface area (Å²) in [4.78, 5) is 2.09. The van der Waals surface area contributed by atoms with Gasteiger partial charge in [0.1, 0.15) is 5.75 Å². The largest absolute Gasteiger partial charge is 0.494 e. The minimum Gasteiger partial charge on any atom is -0.494 e. The SMILES string of the molecule is FC1(F)CCN(CCCOc2ccc(Br)cc2)CC1. The summed E-state index contributed by atoms with van der Waals surface area (Å²) in [7, 11) is 0. The first-order chi connectivity index (χ1) is 9.05. The van der Waals surface area contributed by atoms with E-state index >= 15 is 0 Å². The summed E-state index contributed by atoms with van der Waals surface area (Å²) in [6, 6.07) is 7.68. The van der Waals surface area contributed by atoms with Crippen molar-refractivity contribution in [3.8, 4) is 5.75 Å². The van der Waals surface area contributed by atoms with Crippen molar-refractivity contribution in [3.63, 3.8) is 0 Å². The summed E-state index contributed by atoms with van der Waals surface area (Å²) in [6.07, 6.45) is 0.836. The van der Waals surface area contributed by atoms with Crippen LogP contribution in [0, 0.1) is 0 Å². The van der Waals surface area contributed by atoms with Crippen LogP contribution in [-0.2, 0) is 0 Å². The quantitative estimate of drug-likeness (QED) is 0.756. The fourth-order valence-corrected chi connectivity index (χ4v) is 2.38. The van der Waals surface area contributed by atoms with Crippen molar-refractivity contribution >= 4 is 15.9 Å². The van der Waals surface area contributed by atoms with Crippen molar-refractivity contribution in [2.45, 2.75) is 25.2 Å². The van der Waals surface area contributed by atoms with E-state index in [4.69, 9.17) is 4.74 Å². The van der Waals surface area contributed by atoms with E-state index in [-0.39, 0.29) is 12.8 Å². The first-order valence-electron chi connectivity index (χ1n) is 6.54. The number of benzene rings is 1. The van der Waals surface area contributed by atoms with Crippen LogP contribution in [0.3, 0.4) is 0 Å². The van der Waals surface area contributed by atoms with Crippen molar-refractivity contribution < 1.29 is 13.5 Å². The van der Waals surface area contributed by atoms with Crippen LogP contribution >= 0.6 is 15.9 Å². The summed E-state index contributed by atoms with van der Waals surface area (Å²) < 4.78 is 32.5. The fourth-order valence-electron chi connectivity index (χ4n) is 2.11. The smallest absolute Gasteiger partial charge is 0.250 e. The Morgan fingerprint density at radius 2 is 1.79 bits per heavy atom. The van der Waals surface area contributed by atoms with E-state index in [0.29, 0.717) is 19.7 Å². The second-order valence-electron chi connectivity index (χ2n) is 4.85. The Hall–Kier alpha value is -0.680. The summed E-state index contributed by atoms with van der Waals surface area (Å²) in [5.41, 5.74) is 0. The van der Waals surface area contributed by atoms with Crippen molar-refractivity contribution in [1.29, 1.82) is 0 Å². The molecular weight excluding hydrogens is 316 g/mol. The molecule has 0 radical (unpaired) electrons. The summed E-state index contributed by atoms with van der Waals surface area (Å²) >= 11 is 3.37. The second-order valence-corrected chi connectivity index (χ2v) is 5.77. The Balaban J connectivity index is 1.61. The molecule has 1 aromatic carbocycles. The molecule has 0 atom stereocenters. The Morgan fingerprint density at radius 1 is 1.16 bits per heavy atom. The Morgan fingerprint density at radius 3 is 2.42 bits per heavy atom. The standard InChI is InChI=1S/C14H18BrF2NO/c15-12-2-4-13(5-3-12)19-11-1-8-18-9-6-14(16,17)7-10-18/h2-5H,1,6-11H2. The van der Waals surface area contributed by atoms with Crippen LogP contribution in [0.2, 0.25) is 0 Å². The molecule has 1 fully saturated rings. The Kier molecular flexibility index (Phi) is 5.16. The zero-order chi connectivity index (χ0) is 13.7. The van der Waals surface area contributed by atoms with Crippen molar-refractivity contribution in [2.24, 2.45) is 0 Å². The summed E-state index contributed by atoms with van der Waals surface area (Å²) in [5.74, 6) is -1.61. The number of likely N-dealkylation sites (tertiary alicyclic amines) is 1. The van der Waals surface area contributed by atoms with Crippen molar-refractivity contribution in [3.05, 3.63) is 28.7 Å². The van der Waals surface area contributed by atoms with Crippen molar-refractivity contribution in [2.75, 3.05) is 26.2 Å². The Labute approximate surface area is 120 Å². The van der Waals surface area contributed by atoms with Gasteiger partial charge in [0.05, 0.1) is 6.61 Å².